The molecule has 0 spiro atoms. The summed E-state index contributed by atoms with van der Waals surface area (Å²) in [7, 11) is 0. The summed E-state index contributed by atoms with van der Waals surface area (Å²) >= 11 is 7.13. The number of unbranched alkanes of at least 4 members (excludes halogenated alkanes) is 16. The molecule has 6 atom stereocenters. The van der Waals surface area contributed by atoms with Gasteiger partial charge in [0.15, 0.2) is 10.9 Å². The van der Waals surface area contributed by atoms with Gasteiger partial charge in [0.25, 0.3) is 0 Å². The minimum absolute atomic E-state index is 0.00655. The van der Waals surface area contributed by atoms with E-state index in [1.807, 2.05) is 23.5 Å². The molecule has 0 aromatic rings. The van der Waals surface area contributed by atoms with E-state index in [1.165, 1.54) is 152 Å². The zero-order valence-electron chi connectivity index (χ0n) is 36.2. The highest BCUT2D eigenvalue weighted by atomic mass is 32.2. The van der Waals surface area contributed by atoms with E-state index in [9.17, 15) is 9.59 Å². The number of hydrogen-bond donors (Lipinski definition) is 0. The van der Waals surface area contributed by atoms with Crippen LogP contribution in [0.4, 0.5) is 0 Å². The predicted molar refractivity (Wildman–Crippen MR) is 252 cm³/mol. The summed E-state index contributed by atoms with van der Waals surface area (Å²) in [4.78, 5) is 24.9. The molecule has 2 saturated heterocycles. The first-order chi connectivity index (χ1) is 27.4. The molecule has 324 valence electrons. The smallest absolute Gasteiger partial charge is 0.306 e. The molecule has 0 N–H and O–H groups in total. The van der Waals surface area contributed by atoms with Gasteiger partial charge in [-0.15, -0.1) is 23.5 Å². The predicted octanol–water partition coefficient (Wildman–Crippen LogP) is 15.2. The third-order valence-electron chi connectivity index (χ3n) is 12.5. The van der Waals surface area contributed by atoms with E-state index in [2.05, 4.69) is 27.0 Å². The highest BCUT2D eigenvalue weighted by Gasteiger charge is 2.37. The van der Waals surface area contributed by atoms with E-state index in [1.54, 1.807) is 23.5 Å². The van der Waals surface area contributed by atoms with E-state index < -0.39 is 0 Å². The van der Waals surface area contributed by atoms with Crippen molar-refractivity contribution in [1.82, 2.24) is 0 Å². The average molecular weight is 853 g/mol. The first-order valence-electron chi connectivity index (χ1n) is 23.5. The van der Waals surface area contributed by atoms with Gasteiger partial charge in [0.2, 0.25) is 0 Å². The lowest BCUT2D eigenvalue weighted by Gasteiger charge is -2.44. The monoisotopic (exact) mass is 853 g/mol. The molecule has 0 aromatic heterocycles. The summed E-state index contributed by atoms with van der Waals surface area (Å²) in [5.41, 5.74) is 2.47. The molecule has 8 heteroatoms. The van der Waals surface area contributed by atoms with Crippen LogP contribution in [0.5, 0.6) is 0 Å². The average Bonchev–Trinajstić information content (AvgIpc) is 3.52. The molecule has 6 unspecified atom stereocenters. The van der Waals surface area contributed by atoms with Crippen LogP contribution in [0.25, 0.3) is 0 Å². The van der Waals surface area contributed by atoms with Crippen molar-refractivity contribution in [2.75, 3.05) is 34.5 Å². The maximum Gasteiger partial charge on any atom is 0.306 e. The molecule has 3 aliphatic rings. The van der Waals surface area contributed by atoms with E-state index in [0.29, 0.717) is 12.8 Å². The van der Waals surface area contributed by atoms with Gasteiger partial charge < -0.3 is 9.47 Å². The molecule has 4 nitrogen and oxygen atoms in total. The van der Waals surface area contributed by atoms with Gasteiger partial charge in [-0.1, -0.05) is 167 Å². The van der Waals surface area contributed by atoms with Crippen LogP contribution in [0.3, 0.4) is 0 Å². The molecule has 0 aromatic carbocycles. The van der Waals surface area contributed by atoms with Crippen molar-refractivity contribution in [1.29, 1.82) is 0 Å². The number of ether oxygens (including phenoxy) is 2. The molecule has 2 aliphatic heterocycles. The van der Waals surface area contributed by atoms with Crippen LogP contribution >= 0.6 is 47.0 Å². The maximum atomic E-state index is 12.5. The Labute approximate surface area is 363 Å². The number of thioether (sulfide) groups is 4. The Morgan fingerprint density at radius 1 is 0.500 bits per heavy atom. The number of esters is 2. The van der Waals surface area contributed by atoms with Gasteiger partial charge in [-0.2, -0.15) is 23.5 Å². The highest BCUT2D eigenvalue weighted by Crippen LogP contribution is 2.48. The van der Waals surface area contributed by atoms with Gasteiger partial charge in [0, 0.05) is 47.4 Å². The van der Waals surface area contributed by atoms with Crippen LogP contribution in [0.2, 0.25) is 0 Å². The van der Waals surface area contributed by atoms with Crippen LogP contribution < -0.4 is 0 Å². The van der Waals surface area contributed by atoms with Crippen LogP contribution in [0.1, 0.15) is 194 Å². The number of carbonyl (C=O) groups excluding carboxylic acids is 2. The van der Waals surface area contributed by atoms with Crippen molar-refractivity contribution in [3.63, 3.8) is 0 Å². The molecule has 3 fully saturated rings. The lowest BCUT2D eigenvalue weighted by molar-refractivity contribution is -0.145. The van der Waals surface area contributed by atoms with E-state index in [0.717, 1.165) is 83.9 Å². The molecule has 1 saturated carbocycles. The molecule has 0 bridgehead atoms. The number of hydrogen-bond acceptors (Lipinski definition) is 8. The van der Waals surface area contributed by atoms with Crippen molar-refractivity contribution in [2.45, 2.75) is 205 Å². The summed E-state index contributed by atoms with van der Waals surface area (Å²) in [6, 6.07) is 0. The largest absolute Gasteiger partial charge is 0.450 e. The van der Waals surface area contributed by atoms with Crippen LogP contribution in [0.15, 0.2) is 24.3 Å². The summed E-state index contributed by atoms with van der Waals surface area (Å²) in [5.74, 6) is 9.26. The summed E-state index contributed by atoms with van der Waals surface area (Å²) in [5, 5.41) is 0. The van der Waals surface area contributed by atoms with Gasteiger partial charge in [0.1, 0.15) is 0 Å². The standard InChI is InChI=1S/C48H84O4S4/c1-5-7-9-14-21-27-43-41(25-19-8-6-2)31-32-42(26-20-15-10-12-17-23-29-45(49)51-47-37-53-33-39(3)35-55-47)44(43)28-22-16-11-13-18-24-30-46(50)52-48-38-54-34-40(4)36-56-48/h41-44,47-48H,3-38H2,1-2H3. The molecular formula is C48H84O4S4. The molecule has 1 aliphatic carbocycles. The summed E-state index contributed by atoms with van der Waals surface area (Å²) < 4.78 is 11.5. The molecule has 56 heavy (non-hydrogen) atoms. The second-order valence-corrected chi connectivity index (χ2v) is 21.8. The van der Waals surface area contributed by atoms with Crippen molar-refractivity contribution in [2.24, 2.45) is 23.7 Å². The number of carbonyl (C=O) groups is 2. The van der Waals surface area contributed by atoms with Gasteiger partial charge in [-0.25, -0.2) is 0 Å². The SMILES string of the molecule is C=C1CSCC(OC(=O)CCCCCCCCC2CCC(CCCCC)C(CCCCCCC)C2CCCCCCCCC(=O)OC2CSCC(=C)CS2)SC1. The summed E-state index contributed by atoms with van der Waals surface area (Å²) in [6.07, 6.45) is 35.8. The van der Waals surface area contributed by atoms with Gasteiger partial charge >= 0.3 is 11.9 Å². The molecular weight excluding hydrogens is 769 g/mol. The lowest BCUT2D eigenvalue weighted by Crippen LogP contribution is -2.35. The van der Waals surface area contributed by atoms with E-state index in [4.69, 9.17) is 9.47 Å². The van der Waals surface area contributed by atoms with Crippen LogP contribution in [-0.2, 0) is 19.1 Å². The van der Waals surface area contributed by atoms with E-state index >= 15 is 0 Å². The molecule has 3 rings (SSSR count). The second-order valence-electron chi connectivity index (χ2n) is 17.4. The quantitative estimate of drug-likeness (QED) is 0.0402. The van der Waals surface area contributed by atoms with Crippen LogP contribution in [-0.4, -0.2) is 57.3 Å². The first kappa shape index (κ1) is 50.2. The van der Waals surface area contributed by atoms with Gasteiger partial charge in [-0.3, -0.25) is 9.59 Å². The van der Waals surface area contributed by atoms with Crippen LogP contribution in [0, 0.1) is 23.7 Å². The number of rotatable bonds is 30. The minimum Gasteiger partial charge on any atom is -0.450 e. The van der Waals surface area contributed by atoms with Gasteiger partial charge in [-0.05, 0) is 62.2 Å². The zero-order valence-corrected chi connectivity index (χ0v) is 39.5. The van der Waals surface area contributed by atoms with Crippen molar-refractivity contribution >= 4 is 59.0 Å². The Kier molecular flexibility index (Phi) is 29.2. The zero-order chi connectivity index (χ0) is 40.1. The van der Waals surface area contributed by atoms with Gasteiger partial charge in [0.05, 0.1) is 0 Å². The van der Waals surface area contributed by atoms with Crippen molar-refractivity contribution < 1.29 is 19.1 Å². The fraction of sp³-hybridized carbons (Fsp3) is 0.875. The maximum absolute atomic E-state index is 12.5. The highest BCUT2D eigenvalue weighted by molar-refractivity contribution is 8.04. The molecule has 0 amide bonds. The Bertz CT molecular complexity index is 1070. The first-order valence-corrected chi connectivity index (χ1v) is 27.9. The fourth-order valence-corrected chi connectivity index (χ4v) is 13.8. The van der Waals surface area contributed by atoms with Crippen molar-refractivity contribution in [3.05, 3.63) is 24.3 Å². The Morgan fingerprint density at radius 3 is 1.30 bits per heavy atom. The Hall–Kier alpha value is -0.180. The lowest BCUT2D eigenvalue weighted by atomic mass is 9.61. The third kappa shape index (κ3) is 23.0. The second kappa shape index (κ2) is 32.6. The minimum atomic E-state index is -0.0138. The third-order valence-corrected chi connectivity index (χ3v) is 17.6. The Morgan fingerprint density at radius 2 is 0.857 bits per heavy atom. The normalized spacial score (nSPS) is 24.8. The summed E-state index contributed by atoms with van der Waals surface area (Å²) in [6.45, 7) is 12.9. The van der Waals surface area contributed by atoms with E-state index in [-0.39, 0.29) is 22.8 Å². The molecule has 2 heterocycles. The molecule has 0 radical (unpaired) electrons. The van der Waals surface area contributed by atoms with Crippen molar-refractivity contribution in [3.8, 4) is 0 Å². The topological polar surface area (TPSA) is 52.6 Å². The fourth-order valence-electron chi connectivity index (χ4n) is 9.30. The Balaban J connectivity index is 1.38.